The Morgan fingerprint density at radius 3 is 1.60 bits per heavy atom. The molecule has 6 heteroatoms. The van der Waals surface area contributed by atoms with Crippen LogP contribution in [0.5, 0.6) is 11.5 Å². The normalized spacial score (nSPS) is 11.8. The van der Waals surface area contributed by atoms with Gasteiger partial charge in [-0.15, -0.1) is 0 Å². The van der Waals surface area contributed by atoms with Gasteiger partial charge < -0.3 is 14.6 Å². The van der Waals surface area contributed by atoms with Crippen LogP contribution in [0.15, 0.2) is 194 Å². The average molecular weight is 732 g/mol. The fourth-order valence-electron chi connectivity index (χ4n) is 7.87. The molecule has 0 aliphatic carbocycles. The van der Waals surface area contributed by atoms with E-state index in [1.165, 1.54) is 0 Å². The molecule has 6 nitrogen and oxygen atoms in total. The van der Waals surface area contributed by atoms with Crippen LogP contribution < -0.4 is 10.1 Å². The number of rotatable bonds is 6. The van der Waals surface area contributed by atoms with Gasteiger partial charge in [0.15, 0.2) is 29.0 Å². The Kier molecular flexibility index (Phi) is 7.71. The summed E-state index contributed by atoms with van der Waals surface area (Å²) < 4.78 is 8.94. The molecule has 0 saturated carbocycles. The van der Waals surface area contributed by atoms with Gasteiger partial charge in [0.05, 0.1) is 22.4 Å². The molecule has 0 unspecified atom stereocenters. The SMILES string of the molecule is c1ccc(-c2cccc(-c3nc(-c4ccc(-n5c6ccccc6c6ccc7c(c65)Oc5ccccc5N7)cc4)nc(-c4cccc(-c5ccccc5)c4)n3)c2)cc1. The number of fused-ring (bicyclic) bond motifs is 6. The van der Waals surface area contributed by atoms with Crippen LogP contribution in [0, 0.1) is 0 Å². The smallest absolute Gasteiger partial charge is 0.175 e. The summed E-state index contributed by atoms with van der Waals surface area (Å²) in [6.45, 7) is 0. The van der Waals surface area contributed by atoms with E-state index < -0.39 is 0 Å². The Bertz CT molecular complexity index is 3020. The van der Waals surface area contributed by atoms with Crippen LogP contribution in [0.25, 0.3) is 83.9 Å². The zero-order valence-electron chi connectivity index (χ0n) is 30.7. The number of nitrogens with one attached hydrogen (secondary N) is 1. The fraction of sp³-hybridized carbons (Fsp3) is 0. The van der Waals surface area contributed by atoms with Crippen LogP contribution in [0.1, 0.15) is 0 Å². The first-order valence-electron chi connectivity index (χ1n) is 19.0. The second kappa shape index (κ2) is 13.5. The van der Waals surface area contributed by atoms with Crippen LogP contribution in [0.2, 0.25) is 0 Å². The molecule has 8 aromatic carbocycles. The Morgan fingerprint density at radius 1 is 0.386 bits per heavy atom. The highest BCUT2D eigenvalue weighted by Gasteiger charge is 2.24. The topological polar surface area (TPSA) is 64.9 Å². The summed E-state index contributed by atoms with van der Waals surface area (Å²) in [5.41, 5.74) is 12.2. The summed E-state index contributed by atoms with van der Waals surface area (Å²) in [5, 5.41) is 5.87. The monoisotopic (exact) mass is 731 g/mol. The van der Waals surface area contributed by atoms with Crippen molar-refractivity contribution in [2.24, 2.45) is 0 Å². The van der Waals surface area contributed by atoms with Crippen molar-refractivity contribution in [3.8, 4) is 73.6 Å². The molecular weight excluding hydrogens is 699 g/mol. The third-order valence-corrected chi connectivity index (χ3v) is 10.6. The van der Waals surface area contributed by atoms with Crippen molar-refractivity contribution in [2.45, 2.75) is 0 Å². The van der Waals surface area contributed by atoms with Gasteiger partial charge in [-0.3, -0.25) is 0 Å². The molecule has 0 radical (unpaired) electrons. The molecule has 1 aliphatic heterocycles. The summed E-state index contributed by atoms with van der Waals surface area (Å²) in [7, 11) is 0. The predicted octanol–water partition coefficient (Wildman–Crippen LogP) is 13.2. The number of para-hydroxylation sites is 3. The van der Waals surface area contributed by atoms with E-state index in [1.807, 2.05) is 36.4 Å². The second-order valence-electron chi connectivity index (χ2n) is 14.2. The molecule has 3 heterocycles. The third-order valence-electron chi connectivity index (χ3n) is 10.6. The molecule has 11 rings (SSSR count). The molecule has 1 aliphatic rings. The maximum atomic E-state index is 6.65. The number of ether oxygens (including phenoxy) is 1. The van der Waals surface area contributed by atoms with E-state index >= 15 is 0 Å². The van der Waals surface area contributed by atoms with Gasteiger partial charge in [0.1, 0.15) is 0 Å². The minimum absolute atomic E-state index is 0.598. The molecule has 0 atom stereocenters. The van der Waals surface area contributed by atoms with E-state index in [1.54, 1.807) is 0 Å². The molecular formula is C51H33N5O. The molecule has 10 aromatic rings. The van der Waals surface area contributed by atoms with Crippen molar-refractivity contribution >= 4 is 33.2 Å². The van der Waals surface area contributed by atoms with Gasteiger partial charge >= 0.3 is 0 Å². The lowest BCUT2D eigenvalue weighted by molar-refractivity contribution is 0.485. The zero-order valence-corrected chi connectivity index (χ0v) is 30.7. The van der Waals surface area contributed by atoms with Crippen LogP contribution in [-0.2, 0) is 0 Å². The van der Waals surface area contributed by atoms with Gasteiger partial charge in [0, 0.05) is 33.2 Å². The van der Waals surface area contributed by atoms with Crippen molar-refractivity contribution in [1.29, 1.82) is 0 Å². The highest BCUT2D eigenvalue weighted by molar-refractivity contribution is 6.13. The van der Waals surface area contributed by atoms with Gasteiger partial charge in [-0.2, -0.15) is 0 Å². The first-order chi connectivity index (χ1) is 28.2. The van der Waals surface area contributed by atoms with Crippen molar-refractivity contribution in [3.63, 3.8) is 0 Å². The van der Waals surface area contributed by atoms with Crippen LogP contribution in [0.3, 0.4) is 0 Å². The van der Waals surface area contributed by atoms with Gasteiger partial charge in [-0.05, 0) is 89.0 Å². The highest BCUT2D eigenvalue weighted by atomic mass is 16.5. The van der Waals surface area contributed by atoms with Gasteiger partial charge in [-0.25, -0.2) is 15.0 Å². The second-order valence-corrected chi connectivity index (χ2v) is 14.2. The lowest BCUT2D eigenvalue weighted by Crippen LogP contribution is -2.05. The molecule has 1 N–H and O–H groups in total. The number of hydrogen-bond acceptors (Lipinski definition) is 5. The number of nitrogens with zero attached hydrogens (tertiary/aromatic N) is 4. The summed E-state index contributed by atoms with van der Waals surface area (Å²) in [5.74, 6) is 3.42. The molecule has 0 fully saturated rings. The quantitative estimate of drug-likeness (QED) is 0.184. The van der Waals surface area contributed by atoms with E-state index in [0.29, 0.717) is 17.5 Å². The summed E-state index contributed by atoms with van der Waals surface area (Å²) in [6, 6.07) is 66.9. The average Bonchev–Trinajstić information content (AvgIpc) is 3.64. The molecule has 0 saturated heterocycles. The number of aromatic nitrogens is 4. The first-order valence-corrected chi connectivity index (χ1v) is 19.0. The van der Waals surface area contributed by atoms with Crippen molar-refractivity contribution in [1.82, 2.24) is 19.5 Å². The Morgan fingerprint density at radius 2 is 0.930 bits per heavy atom. The largest absolute Gasteiger partial charge is 0.451 e. The lowest BCUT2D eigenvalue weighted by Gasteiger charge is -2.23. The van der Waals surface area contributed by atoms with Crippen LogP contribution in [0.4, 0.5) is 11.4 Å². The lowest BCUT2D eigenvalue weighted by atomic mass is 10.0. The van der Waals surface area contributed by atoms with E-state index in [9.17, 15) is 0 Å². The van der Waals surface area contributed by atoms with Crippen molar-refractivity contribution < 1.29 is 4.74 Å². The van der Waals surface area contributed by atoms with Gasteiger partial charge in [-0.1, -0.05) is 127 Å². The van der Waals surface area contributed by atoms with Gasteiger partial charge in [0.25, 0.3) is 0 Å². The standard InChI is InChI=1S/C51H33N5O/c1-3-13-33(14-4-1)36-17-11-19-38(31-36)50-53-49(54-51(55-50)39-20-12-18-37(32-39)34-15-5-2-6-16-34)35-25-27-40(28-26-35)56-45-23-9-7-21-41(45)42-29-30-44-48(47(42)56)57-46-24-10-8-22-43(46)52-44/h1-32,52H. The van der Waals surface area contributed by atoms with Crippen LogP contribution in [-0.4, -0.2) is 19.5 Å². The van der Waals surface area contributed by atoms with Crippen molar-refractivity contribution in [2.75, 3.05) is 5.32 Å². The minimum Gasteiger partial charge on any atom is -0.451 e. The zero-order chi connectivity index (χ0) is 37.7. The first kappa shape index (κ1) is 32.6. The molecule has 0 spiro atoms. The van der Waals surface area contributed by atoms with E-state index in [-0.39, 0.29) is 0 Å². The van der Waals surface area contributed by atoms with Crippen LogP contribution >= 0.6 is 0 Å². The molecule has 0 amide bonds. The predicted molar refractivity (Wildman–Crippen MR) is 231 cm³/mol. The maximum Gasteiger partial charge on any atom is 0.175 e. The fourth-order valence-corrected chi connectivity index (χ4v) is 7.87. The third kappa shape index (κ3) is 5.79. The molecule has 268 valence electrons. The Labute approximate surface area is 329 Å². The summed E-state index contributed by atoms with van der Waals surface area (Å²) >= 11 is 0. The van der Waals surface area contributed by atoms with E-state index in [4.69, 9.17) is 19.7 Å². The van der Waals surface area contributed by atoms with E-state index in [2.05, 4.69) is 168 Å². The van der Waals surface area contributed by atoms with Crippen molar-refractivity contribution in [3.05, 3.63) is 194 Å². The minimum atomic E-state index is 0.598. The summed E-state index contributed by atoms with van der Waals surface area (Å²) in [6.07, 6.45) is 0. The number of benzene rings is 8. The Balaban J connectivity index is 1.05. The molecule has 2 aromatic heterocycles. The number of anilines is 2. The molecule has 0 bridgehead atoms. The van der Waals surface area contributed by atoms with E-state index in [0.717, 1.165) is 89.3 Å². The van der Waals surface area contributed by atoms with Gasteiger partial charge in [0.2, 0.25) is 0 Å². The highest BCUT2D eigenvalue weighted by Crippen LogP contribution is 2.48. The number of hydrogen-bond donors (Lipinski definition) is 1. The summed E-state index contributed by atoms with van der Waals surface area (Å²) in [4.78, 5) is 15.4. The Hall–Kier alpha value is -7.83. The maximum absolute atomic E-state index is 6.65. The molecule has 57 heavy (non-hydrogen) atoms.